The SMILES string of the molecule is COC1(CNC(=O)CC2CCCNC2)CCC1. The fourth-order valence-corrected chi connectivity index (χ4v) is 2.72. The highest BCUT2D eigenvalue weighted by molar-refractivity contribution is 5.76. The Balaban J connectivity index is 1.66. The second-order valence-corrected chi connectivity index (χ2v) is 5.43. The number of nitrogens with one attached hydrogen (secondary N) is 2. The molecule has 1 atom stereocenters. The number of methoxy groups -OCH3 is 1. The Morgan fingerprint density at radius 2 is 2.29 bits per heavy atom. The van der Waals surface area contributed by atoms with Crippen LogP contribution in [0, 0.1) is 5.92 Å². The van der Waals surface area contributed by atoms with E-state index < -0.39 is 0 Å². The lowest BCUT2D eigenvalue weighted by atomic mass is 9.80. The maximum absolute atomic E-state index is 11.8. The lowest BCUT2D eigenvalue weighted by Crippen LogP contribution is -2.49. The highest BCUT2D eigenvalue weighted by atomic mass is 16.5. The van der Waals surface area contributed by atoms with E-state index in [9.17, 15) is 4.79 Å². The first kappa shape index (κ1) is 12.8. The Kier molecular flexibility index (Phi) is 4.40. The Morgan fingerprint density at radius 1 is 1.47 bits per heavy atom. The van der Waals surface area contributed by atoms with Crippen molar-refractivity contribution in [3.63, 3.8) is 0 Å². The first-order valence-corrected chi connectivity index (χ1v) is 6.77. The van der Waals surface area contributed by atoms with Gasteiger partial charge in [-0.2, -0.15) is 0 Å². The smallest absolute Gasteiger partial charge is 0.220 e. The van der Waals surface area contributed by atoms with Gasteiger partial charge in [0.15, 0.2) is 0 Å². The molecule has 1 unspecified atom stereocenters. The van der Waals surface area contributed by atoms with Gasteiger partial charge in [-0.25, -0.2) is 0 Å². The number of carbonyl (C=O) groups is 1. The van der Waals surface area contributed by atoms with E-state index >= 15 is 0 Å². The second kappa shape index (κ2) is 5.83. The zero-order valence-corrected chi connectivity index (χ0v) is 10.8. The summed E-state index contributed by atoms with van der Waals surface area (Å²) in [5.41, 5.74) is -0.0551. The van der Waals surface area contributed by atoms with Crippen molar-refractivity contribution in [2.45, 2.75) is 44.1 Å². The zero-order valence-electron chi connectivity index (χ0n) is 10.8. The van der Waals surface area contributed by atoms with Crippen LogP contribution in [0.25, 0.3) is 0 Å². The Labute approximate surface area is 103 Å². The van der Waals surface area contributed by atoms with E-state index in [4.69, 9.17) is 4.74 Å². The van der Waals surface area contributed by atoms with E-state index in [1.165, 1.54) is 19.3 Å². The highest BCUT2D eigenvalue weighted by Crippen LogP contribution is 2.34. The third-order valence-electron chi connectivity index (χ3n) is 4.18. The van der Waals surface area contributed by atoms with E-state index in [0.29, 0.717) is 18.9 Å². The first-order valence-electron chi connectivity index (χ1n) is 6.77. The summed E-state index contributed by atoms with van der Waals surface area (Å²) in [5, 5.41) is 6.37. The molecule has 1 amide bonds. The minimum absolute atomic E-state index is 0.0551. The molecule has 2 N–H and O–H groups in total. The predicted molar refractivity (Wildman–Crippen MR) is 66.8 cm³/mol. The number of piperidine rings is 1. The number of rotatable bonds is 5. The van der Waals surface area contributed by atoms with Crippen molar-refractivity contribution in [3.05, 3.63) is 0 Å². The molecule has 1 saturated carbocycles. The number of ether oxygens (including phenoxy) is 1. The van der Waals surface area contributed by atoms with Gasteiger partial charge >= 0.3 is 0 Å². The molecule has 1 heterocycles. The van der Waals surface area contributed by atoms with Gasteiger partial charge in [-0.1, -0.05) is 0 Å². The Hall–Kier alpha value is -0.610. The minimum atomic E-state index is -0.0551. The van der Waals surface area contributed by atoms with Gasteiger partial charge in [-0.15, -0.1) is 0 Å². The van der Waals surface area contributed by atoms with E-state index in [1.54, 1.807) is 7.11 Å². The fourth-order valence-electron chi connectivity index (χ4n) is 2.72. The van der Waals surface area contributed by atoms with Crippen LogP contribution in [0.5, 0.6) is 0 Å². The molecule has 0 radical (unpaired) electrons. The van der Waals surface area contributed by atoms with Gasteiger partial charge in [-0.05, 0) is 51.1 Å². The summed E-state index contributed by atoms with van der Waals surface area (Å²) in [6.07, 6.45) is 6.41. The molecule has 17 heavy (non-hydrogen) atoms. The van der Waals surface area contributed by atoms with E-state index in [0.717, 1.165) is 25.9 Å². The van der Waals surface area contributed by atoms with Gasteiger partial charge in [0.1, 0.15) is 0 Å². The molecule has 1 aliphatic heterocycles. The van der Waals surface area contributed by atoms with Crippen LogP contribution < -0.4 is 10.6 Å². The predicted octanol–water partition coefficient (Wildman–Crippen LogP) is 1.06. The Bertz CT molecular complexity index is 253. The number of hydrogen-bond donors (Lipinski definition) is 2. The molecule has 4 heteroatoms. The number of carbonyl (C=O) groups excluding carboxylic acids is 1. The molecule has 1 aliphatic carbocycles. The zero-order chi connectivity index (χ0) is 12.1. The molecule has 0 bridgehead atoms. The second-order valence-electron chi connectivity index (χ2n) is 5.43. The van der Waals surface area contributed by atoms with Crippen molar-refractivity contribution >= 4 is 5.91 Å². The third-order valence-corrected chi connectivity index (χ3v) is 4.18. The van der Waals surface area contributed by atoms with Crippen molar-refractivity contribution in [1.29, 1.82) is 0 Å². The van der Waals surface area contributed by atoms with Crippen LogP contribution in [0.1, 0.15) is 38.5 Å². The van der Waals surface area contributed by atoms with Crippen LogP contribution in [0.15, 0.2) is 0 Å². The highest BCUT2D eigenvalue weighted by Gasteiger charge is 2.37. The Morgan fingerprint density at radius 3 is 2.82 bits per heavy atom. The monoisotopic (exact) mass is 240 g/mol. The summed E-state index contributed by atoms with van der Waals surface area (Å²) in [4.78, 5) is 11.8. The van der Waals surface area contributed by atoms with E-state index in [1.807, 2.05) is 0 Å². The molecule has 2 aliphatic rings. The molecular weight excluding hydrogens is 216 g/mol. The van der Waals surface area contributed by atoms with Crippen molar-refractivity contribution in [1.82, 2.24) is 10.6 Å². The van der Waals surface area contributed by atoms with Gasteiger partial charge in [-0.3, -0.25) is 4.79 Å². The molecule has 1 saturated heterocycles. The van der Waals surface area contributed by atoms with Crippen molar-refractivity contribution in [2.24, 2.45) is 5.92 Å². The molecule has 0 aromatic heterocycles. The normalized spacial score (nSPS) is 27.2. The average Bonchev–Trinajstić information content (AvgIpc) is 2.29. The number of amides is 1. The molecular formula is C13H24N2O2. The largest absolute Gasteiger partial charge is 0.376 e. The minimum Gasteiger partial charge on any atom is -0.376 e. The van der Waals surface area contributed by atoms with Gasteiger partial charge < -0.3 is 15.4 Å². The van der Waals surface area contributed by atoms with Crippen LogP contribution in [0.2, 0.25) is 0 Å². The van der Waals surface area contributed by atoms with Crippen molar-refractivity contribution in [2.75, 3.05) is 26.7 Å². The molecule has 2 fully saturated rings. The molecule has 0 aromatic rings. The summed E-state index contributed by atoms with van der Waals surface area (Å²) < 4.78 is 5.49. The van der Waals surface area contributed by atoms with E-state index in [2.05, 4.69) is 10.6 Å². The summed E-state index contributed by atoms with van der Waals surface area (Å²) in [5.74, 6) is 0.700. The van der Waals surface area contributed by atoms with Gasteiger partial charge in [0.25, 0.3) is 0 Å². The summed E-state index contributed by atoms with van der Waals surface area (Å²) >= 11 is 0. The van der Waals surface area contributed by atoms with Crippen molar-refractivity contribution < 1.29 is 9.53 Å². The van der Waals surface area contributed by atoms with E-state index in [-0.39, 0.29) is 11.5 Å². The van der Waals surface area contributed by atoms with Gasteiger partial charge in [0.2, 0.25) is 5.91 Å². The summed E-state index contributed by atoms with van der Waals surface area (Å²) in [6, 6.07) is 0. The molecule has 98 valence electrons. The maximum atomic E-state index is 11.8. The molecule has 4 nitrogen and oxygen atoms in total. The van der Waals surface area contributed by atoms with Crippen molar-refractivity contribution in [3.8, 4) is 0 Å². The summed E-state index contributed by atoms with van der Waals surface area (Å²) in [6.45, 7) is 2.77. The first-order chi connectivity index (χ1) is 8.24. The standard InChI is InChI=1S/C13H24N2O2/c1-17-13(5-3-6-13)10-15-12(16)8-11-4-2-7-14-9-11/h11,14H,2-10H2,1H3,(H,15,16). The third kappa shape index (κ3) is 3.42. The van der Waals surface area contributed by atoms with Crippen LogP contribution in [-0.4, -0.2) is 38.3 Å². The van der Waals surface area contributed by atoms with Gasteiger partial charge in [0, 0.05) is 20.1 Å². The number of hydrogen-bond acceptors (Lipinski definition) is 3. The lowest BCUT2D eigenvalue weighted by molar-refractivity contribution is -0.125. The average molecular weight is 240 g/mol. The van der Waals surface area contributed by atoms with Crippen LogP contribution >= 0.6 is 0 Å². The van der Waals surface area contributed by atoms with Crippen LogP contribution in [0.3, 0.4) is 0 Å². The summed E-state index contributed by atoms with van der Waals surface area (Å²) in [7, 11) is 1.75. The molecule has 0 spiro atoms. The molecule has 2 rings (SSSR count). The maximum Gasteiger partial charge on any atom is 0.220 e. The quantitative estimate of drug-likeness (QED) is 0.755. The lowest BCUT2D eigenvalue weighted by Gasteiger charge is -2.40. The molecule has 0 aromatic carbocycles. The topological polar surface area (TPSA) is 50.4 Å². The fraction of sp³-hybridized carbons (Fsp3) is 0.923. The van der Waals surface area contributed by atoms with Crippen LogP contribution in [0.4, 0.5) is 0 Å². The van der Waals surface area contributed by atoms with Gasteiger partial charge in [0.05, 0.1) is 5.60 Å². The van der Waals surface area contributed by atoms with Crippen LogP contribution in [-0.2, 0) is 9.53 Å².